The zero-order chi connectivity index (χ0) is 16.5. The van der Waals surface area contributed by atoms with Crippen LogP contribution in [0.2, 0.25) is 0 Å². The van der Waals surface area contributed by atoms with E-state index in [4.69, 9.17) is 4.74 Å². The zero-order valence-corrected chi connectivity index (χ0v) is 12.6. The van der Waals surface area contributed by atoms with Crippen LogP contribution in [0.4, 0.5) is 8.78 Å². The van der Waals surface area contributed by atoms with Crippen LogP contribution in [-0.2, 0) is 20.7 Å². The average Bonchev–Trinajstić information content (AvgIpc) is 2.46. The molecule has 0 saturated heterocycles. The molecular formula is C15H19F2NO4. The minimum atomic E-state index is -2.88. The van der Waals surface area contributed by atoms with Crippen LogP contribution in [-0.4, -0.2) is 43.1 Å². The van der Waals surface area contributed by atoms with Crippen LogP contribution in [0.3, 0.4) is 0 Å². The topological polar surface area (TPSA) is 55.8 Å². The first-order valence-electron chi connectivity index (χ1n) is 6.93. The lowest BCUT2D eigenvalue weighted by Crippen LogP contribution is -2.37. The highest BCUT2D eigenvalue weighted by Gasteiger charge is 2.16. The highest BCUT2D eigenvalue weighted by molar-refractivity contribution is 5.83. The molecule has 0 aliphatic carbocycles. The third-order valence-corrected chi connectivity index (χ3v) is 2.86. The molecule has 1 aromatic carbocycles. The van der Waals surface area contributed by atoms with E-state index < -0.39 is 12.6 Å². The number of ether oxygens (including phenoxy) is 2. The first-order chi connectivity index (χ1) is 10.5. The summed E-state index contributed by atoms with van der Waals surface area (Å²) in [5.74, 6) is -0.665. The maximum Gasteiger partial charge on any atom is 0.387 e. The maximum absolute atomic E-state index is 12.1. The zero-order valence-electron chi connectivity index (χ0n) is 12.6. The van der Waals surface area contributed by atoms with Gasteiger partial charge in [-0.2, -0.15) is 8.78 Å². The van der Waals surface area contributed by atoms with Gasteiger partial charge in [0.1, 0.15) is 12.3 Å². The number of likely N-dealkylation sites (N-methyl/N-ethyl adjacent to an activating group) is 1. The van der Waals surface area contributed by atoms with Crippen molar-refractivity contribution in [2.24, 2.45) is 0 Å². The quantitative estimate of drug-likeness (QED) is 0.690. The van der Waals surface area contributed by atoms with Crippen LogP contribution >= 0.6 is 0 Å². The largest absolute Gasteiger partial charge is 0.465 e. The van der Waals surface area contributed by atoms with Gasteiger partial charge in [-0.3, -0.25) is 9.59 Å². The average molecular weight is 315 g/mol. The van der Waals surface area contributed by atoms with E-state index in [1.54, 1.807) is 13.8 Å². The van der Waals surface area contributed by atoms with E-state index in [1.807, 2.05) is 0 Å². The number of benzene rings is 1. The lowest BCUT2D eigenvalue weighted by Gasteiger charge is -2.19. The molecule has 0 aliphatic heterocycles. The van der Waals surface area contributed by atoms with Gasteiger partial charge >= 0.3 is 12.6 Å². The van der Waals surface area contributed by atoms with Crippen LogP contribution in [0.1, 0.15) is 19.4 Å². The molecule has 1 amide bonds. The monoisotopic (exact) mass is 315 g/mol. The Bertz CT molecular complexity index is 491. The van der Waals surface area contributed by atoms with Crippen LogP contribution in [0.25, 0.3) is 0 Å². The summed E-state index contributed by atoms with van der Waals surface area (Å²) in [7, 11) is 0. The van der Waals surface area contributed by atoms with Gasteiger partial charge in [0, 0.05) is 6.54 Å². The number of halogens is 2. The Morgan fingerprint density at radius 2 is 1.82 bits per heavy atom. The summed E-state index contributed by atoms with van der Waals surface area (Å²) in [6.07, 6.45) is 0.0716. The van der Waals surface area contributed by atoms with Gasteiger partial charge in [-0.1, -0.05) is 12.1 Å². The number of nitrogens with zero attached hydrogens (tertiary/aromatic N) is 1. The van der Waals surface area contributed by atoms with Gasteiger partial charge in [-0.15, -0.1) is 0 Å². The SMILES string of the molecule is CCOC(=O)CN(CC)C(=O)Cc1ccc(OC(F)F)cc1. The van der Waals surface area contributed by atoms with Crippen molar-refractivity contribution in [3.05, 3.63) is 29.8 Å². The normalized spacial score (nSPS) is 10.4. The lowest BCUT2D eigenvalue weighted by atomic mass is 10.1. The molecule has 5 nitrogen and oxygen atoms in total. The van der Waals surface area contributed by atoms with E-state index in [0.29, 0.717) is 12.1 Å². The fourth-order valence-corrected chi connectivity index (χ4v) is 1.81. The lowest BCUT2D eigenvalue weighted by molar-refractivity contribution is -0.148. The van der Waals surface area contributed by atoms with Crippen LogP contribution in [0.5, 0.6) is 5.75 Å². The minimum Gasteiger partial charge on any atom is -0.465 e. The summed E-state index contributed by atoms with van der Waals surface area (Å²) in [6.45, 7) is 1.11. The predicted molar refractivity (Wildman–Crippen MR) is 75.7 cm³/mol. The van der Waals surface area contributed by atoms with Crippen molar-refractivity contribution in [2.45, 2.75) is 26.9 Å². The molecule has 1 aromatic rings. The summed E-state index contributed by atoms with van der Waals surface area (Å²) in [5, 5.41) is 0. The molecule has 0 aliphatic rings. The Kier molecular flexibility index (Phi) is 7.28. The maximum atomic E-state index is 12.1. The van der Waals surface area contributed by atoms with Gasteiger partial charge in [0.15, 0.2) is 0 Å². The Balaban J connectivity index is 2.60. The summed E-state index contributed by atoms with van der Waals surface area (Å²) in [5.41, 5.74) is 0.647. The molecule has 122 valence electrons. The van der Waals surface area contributed by atoms with Crippen molar-refractivity contribution in [3.8, 4) is 5.75 Å². The van der Waals surface area contributed by atoms with Crippen molar-refractivity contribution in [1.29, 1.82) is 0 Å². The van der Waals surface area contributed by atoms with Crippen molar-refractivity contribution in [3.63, 3.8) is 0 Å². The fourth-order valence-electron chi connectivity index (χ4n) is 1.81. The molecule has 0 N–H and O–H groups in total. The van der Waals surface area contributed by atoms with E-state index in [2.05, 4.69) is 4.74 Å². The number of amides is 1. The van der Waals surface area contributed by atoms with Crippen molar-refractivity contribution in [2.75, 3.05) is 19.7 Å². The number of hydrogen-bond acceptors (Lipinski definition) is 4. The smallest absolute Gasteiger partial charge is 0.387 e. The molecular weight excluding hydrogens is 296 g/mol. The predicted octanol–water partition coefficient (Wildman–Crippen LogP) is 2.24. The van der Waals surface area contributed by atoms with Crippen LogP contribution < -0.4 is 4.74 Å². The van der Waals surface area contributed by atoms with Gasteiger partial charge in [0.25, 0.3) is 0 Å². The van der Waals surface area contributed by atoms with E-state index in [0.717, 1.165) is 0 Å². The number of carbonyl (C=O) groups is 2. The van der Waals surface area contributed by atoms with Crippen LogP contribution in [0.15, 0.2) is 24.3 Å². The van der Waals surface area contributed by atoms with E-state index in [9.17, 15) is 18.4 Å². The minimum absolute atomic E-state index is 0.0325. The molecule has 22 heavy (non-hydrogen) atoms. The van der Waals surface area contributed by atoms with Crippen molar-refractivity contribution >= 4 is 11.9 Å². The van der Waals surface area contributed by atoms with Gasteiger partial charge in [0.2, 0.25) is 5.91 Å². The number of carbonyl (C=O) groups excluding carboxylic acids is 2. The van der Waals surface area contributed by atoms with E-state index in [-0.39, 0.29) is 31.2 Å². The fraction of sp³-hybridized carbons (Fsp3) is 0.467. The first kappa shape index (κ1) is 17.9. The summed E-state index contributed by atoms with van der Waals surface area (Å²) < 4.78 is 33.1. The molecule has 0 unspecified atom stereocenters. The number of rotatable bonds is 8. The Morgan fingerprint density at radius 1 is 1.18 bits per heavy atom. The number of alkyl halides is 2. The highest BCUT2D eigenvalue weighted by Crippen LogP contribution is 2.15. The molecule has 1 rings (SSSR count). The van der Waals surface area contributed by atoms with Gasteiger partial charge in [-0.05, 0) is 31.5 Å². The van der Waals surface area contributed by atoms with Gasteiger partial charge < -0.3 is 14.4 Å². The van der Waals surface area contributed by atoms with Gasteiger partial charge in [0.05, 0.1) is 13.0 Å². The standard InChI is InChI=1S/C15H19F2NO4/c1-3-18(10-14(20)21-4-2)13(19)9-11-5-7-12(8-6-11)22-15(16)17/h5-8,15H,3-4,9-10H2,1-2H3. The number of hydrogen-bond donors (Lipinski definition) is 0. The molecule has 0 heterocycles. The summed E-state index contributed by atoms with van der Waals surface area (Å²) in [6, 6.07) is 5.81. The van der Waals surface area contributed by atoms with E-state index >= 15 is 0 Å². The molecule has 0 bridgehead atoms. The molecule has 0 saturated carbocycles. The number of esters is 1. The molecule has 7 heteroatoms. The molecule has 0 radical (unpaired) electrons. The third-order valence-electron chi connectivity index (χ3n) is 2.86. The van der Waals surface area contributed by atoms with E-state index in [1.165, 1.54) is 29.2 Å². The van der Waals surface area contributed by atoms with Crippen molar-refractivity contribution in [1.82, 2.24) is 4.90 Å². The Hall–Kier alpha value is -2.18. The molecule has 0 aromatic heterocycles. The Morgan fingerprint density at radius 3 is 2.32 bits per heavy atom. The molecule has 0 spiro atoms. The molecule has 0 fully saturated rings. The Labute approximate surface area is 127 Å². The summed E-state index contributed by atoms with van der Waals surface area (Å²) in [4.78, 5) is 24.9. The second kappa shape index (κ2) is 8.96. The van der Waals surface area contributed by atoms with Crippen molar-refractivity contribution < 1.29 is 27.8 Å². The van der Waals surface area contributed by atoms with Crippen LogP contribution in [0, 0.1) is 0 Å². The summed E-state index contributed by atoms with van der Waals surface area (Å²) >= 11 is 0. The first-order valence-corrected chi connectivity index (χ1v) is 6.93. The third kappa shape index (κ3) is 6.07. The molecule has 0 atom stereocenters. The highest BCUT2D eigenvalue weighted by atomic mass is 19.3. The van der Waals surface area contributed by atoms with Gasteiger partial charge in [-0.25, -0.2) is 0 Å². The second-order valence-corrected chi connectivity index (χ2v) is 4.41. The second-order valence-electron chi connectivity index (χ2n) is 4.41.